The first-order valence-corrected chi connectivity index (χ1v) is 9.48. The molecule has 3 aromatic rings. The Morgan fingerprint density at radius 3 is 2.29 bits per heavy atom. The van der Waals surface area contributed by atoms with Crippen molar-refractivity contribution < 1.29 is 9.84 Å². The van der Waals surface area contributed by atoms with E-state index in [4.69, 9.17) is 21.4 Å². The summed E-state index contributed by atoms with van der Waals surface area (Å²) in [5.41, 5.74) is 1.54. The Kier molecular flexibility index (Phi) is 6.52. The zero-order valence-electron chi connectivity index (χ0n) is 14.6. The molecule has 1 heterocycles. The van der Waals surface area contributed by atoms with Crippen LogP contribution < -0.4 is 4.74 Å². The van der Waals surface area contributed by atoms with E-state index in [0.717, 1.165) is 4.90 Å². The molecule has 1 aromatic heterocycles. The van der Waals surface area contributed by atoms with Crippen LogP contribution in [0.1, 0.15) is 11.1 Å². The van der Waals surface area contributed by atoms with Crippen molar-refractivity contribution in [1.29, 1.82) is 10.5 Å². The molecule has 0 aliphatic rings. The van der Waals surface area contributed by atoms with E-state index >= 15 is 0 Å². The largest absolute Gasteiger partial charge is 0.491 e. The lowest BCUT2D eigenvalue weighted by Crippen LogP contribution is -2.01. The molecule has 0 fully saturated rings. The number of aliphatic hydroxyl groups is 1. The summed E-state index contributed by atoms with van der Waals surface area (Å²) in [6, 6.07) is 20.7. The van der Waals surface area contributed by atoms with Crippen molar-refractivity contribution in [3.63, 3.8) is 0 Å². The van der Waals surface area contributed by atoms with Crippen molar-refractivity contribution in [3.8, 4) is 29.0 Å². The predicted molar refractivity (Wildman–Crippen MR) is 107 cm³/mol. The minimum atomic E-state index is -0.0844. The molecule has 0 unspecified atom stereocenters. The summed E-state index contributed by atoms with van der Waals surface area (Å²) in [5, 5.41) is 28.7. The van der Waals surface area contributed by atoms with Gasteiger partial charge < -0.3 is 9.84 Å². The summed E-state index contributed by atoms with van der Waals surface area (Å²) in [6.07, 6.45) is 0. The molecule has 0 spiro atoms. The maximum absolute atomic E-state index is 9.81. The zero-order chi connectivity index (χ0) is 19.9. The number of benzene rings is 2. The number of hydrogen-bond donors (Lipinski definition) is 1. The molecule has 0 aliphatic heterocycles. The second-order valence-corrected chi connectivity index (χ2v) is 6.99. The Morgan fingerprint density at radius 1 is 1.00 bits per heavy atom. The van der Waals surface area contributed by atoms with E-state index in [1.54, 1.807) is 24.3 Å². The maximum Gasteiger partial charge on any atom is 0.148 e. The highest BCUT2D eigenvalue weighted by molar-refractivity contribution is 7.99. The van der Waals surface area contributed by atoms with Crippen LogP contribution in [-0.4, -0.2) is 23.3 Å². The molecule has 1 N–H and O–H groups in total. The average Bonchev–Trinajstić information content (AvgIpc) is 2.73. The van der Waals surface area contributed by atoms with Crippen LogP contribution in [0.4, 0.5) is 0 Å². The maximum atomic E-state index is 9.81. The SMILES string of the molecule is N#Cc1c(Cl)nc(Sc2ccccc2)c(C#N)c1-c1ccc(OCCO)cc1. The quantitative estimate of drug-likeness (QED) is 0.597. The molecule has 0 amide bonds. The van der Waals surface area contributed by atoms with Crippen LogP contribution in [0.3, 0.4) is 0 Å². The standard InChI is InChI=1S/C21H14ClN3O2S/c22-20-17(12-23)19(14-6-8-15(9-7-14)27-11-10-26)18(13-24)21(25-20)28-16-4-2-1-3-5-16/h1-9,26H,10-11H2. The van der Waals surface area contributed by atoms with Crippen LogP contribution in [0.15, 0.2) is 64.5 Å². The summed E-state index contributed by atoms with van der Waals surface area (Å²) in [5.74, 6) is 0.578. The van der Waals surface area contributed by atoms with Gasteiger partial charge in [0.2, 0.25) is 0 Å². The Balaban J connectivity index is 2.11. The summed E-state index contributed by atoms with van der Waals surface area (Å²) in [7, 11) is 0. The Morgan fingerprint density at radius 2 is 1.68 bits per heavy atom. The van der Waals surface area contributed by atoms with Crippen molar-refractivity contribution in [2.75, 3.05) is 13.2 Å². The molecular weight excluding hydrogens is 394 g/mol. The lowest BCUT2D eigenvalue weighted by Gasteiger charge is -2.13. The van der Waals surface area contributed by atoms with Crippen molar-refractivity contribution in [2.45, 2.75) is 9.92 Å². The lowest BCUT2D eigenvalue weighted by atomic mass is 9.97. The van der Waals surface area contributed by atoms with Gasteiger partial charge in [0.25, 0.3) is 0 Å². The first-order valence-electron chi connectivity index (χ1n) is 8.28. The van der Waals surface area contributed by atoms with Gasteiger partial charge in [0.1, 0.15) is 34.7 Å². The number of pyridine rings is 1. The molecule has 0 saturated carbocycles. The molecule has 138 valence electrons. The molecule has 7 heteroatoms. The Hall–Kier alpha value is -3.03. The third-order valence-corrected chi connectivity index (χ3v) is 5.07. The smallest absolute Gasteiger partial charge is 0.148 e. The number of aromatic nitrogens is 1. The van der Waals surface area contributed by atoms with E-state index in [2.05, 4.69) is 17.1 Å². The summed E-state index contributed by atoms with van der Waals surface area (Å²) < 4.78 is 5.36. The van der Waals surface area contributed by atoms with Crippen LogP contribution in [0.2, 0.25) is 5.15 Å². The van der Waals surface area contributed by atoms with E-state index in [1.165, 1.54) is 11.8 Å². The number of nitrogens with zero attached hydrogens (tertiary/aromatic N) is 3. The first kappa shape index (κ1) is 19.7. The van der Waals surface area contributed by atoms with Gasteiger partial charge in [0, 0.05) is 10.5 Å². The van der Waals surface area contributed by atoms with Crippen molar-refractivity contribution in [3.05, 3.63) is 70.9 Å². The molecule has 5 nitrogen and oxygen atoms in total. The summed E-state index contributed by atoms with van der Waals surface area (Å²) >= 11 is 7.59. The molecule has 0 aliphatic carbocycles. The van der Waals surface area contributed by atoms with Crippen LogP contribution in [-0.2, 0) is 0 Å². The van der Waals surface area contributed by atoms with Gasteiger partial charge in [-0.05, 0) is 29.8 Å². The zero-order valence-corrected chi connectivity index (χ0v) is 16.2. The number of ether oxygens (including phenoxy) is 1. The second kappa shape index (κ2) is 9.25. The first-order chi connectivity index (χ1) is 13.7. The van der Waals surface area contributed by atoms with Gasteiger partial charge >= 0.3 is 0 Å². The van der Waals surface area contributed by atoms with Gasteiger partial charge in [0.15, 0.2) is 0 Å². The van der Waals surface area contributed by atoms with Crippen molar-refractivity contribution in [2.24, 2.45) is 0 Å². The number of nitriles is 2. The molecule has 2 aromatic carbocycles. The van der Waals surface area contributed by atoms with Crippen LogP contribution in [0, 0.1) is 22.7 Å². The minimum absolute atomic E-state index is 0.0514. The van der Waals surface area contributed by atoms with Gasteiger partial charge in [-0.2, -0.15) is 10.5 Å². The lowest BCUT2D eigenvalue weighted by molar-refractivity contribution is 0.201. The van der Waals surface area contributed by atoms with Crippen molar-refractivity contribution in [1.82, 2.24) is 4.98 Å². The second-order valence-electron chi connectivity index (χ2n) is 5.57. The van der Waals surface area contributed by atoms with Crippen LogP contribution in [0.25, 0.3) is 11.1 Å². The van der Waals surface area contributed by atoms with Crippen LogP contribution in [0.5, 0.6) is 5.75 Å². The normalized spacial score (nSPS) is 10.1. The van der Waals surface area contributed by atoms with Crippen molar-refractivity contribution >= 4 is 23.4 Å². The van der Waals surface area contributed by atoms with Gasteiger partial charge in [-0.1, -0.05) is 53.7 Å². The third kappa shape index (κ3) is 4.27. The average molecular weight is 408 g/mol. The highest BCUT2D eigenvalue weighted by Gasteiger charge is 2.21. The topological polar surface area (TPSA) is 89.9 Å². The monoisotopic (exact) mass is 407 g/mol. The molecular formula is C21H14ClN3O2S. The molecule has 0 bridgehead atoms. The van der Waals surface area contributed by atoms with Crippen LogP contribution >= 0.6 is 23.4 Å². The van der Waals surface area contributed by atoms with E-state index in [1.807, 2.05) is 30.3 Å². The fourth-order valence-electron chi connectivity index (χ4n) is 2.59. The molecule has 0 atom stereocenters. The molecule has 0 radical (unpaired) electrons. The highest BCUT2D eigenvalue weighted by atomic mass is 35.5. The number of aliphatic hydroxyl groups excluding tert-OH is 1. The van der Waals surface area contributed by atoms with Gasteiger partial charge in [-0.15, -0.1) is 0 Å². The van der Waals surface area contributed by atoms with E-state index in [9.17, 15) is 10.5 Å². The number of halogens is 1. The molecule has 3 rings (SSSR count). The fourth-order valence-corrected chi connectivity index (χ4v) is 3.76. The predicted octanol–water partition coefficient (Wildman–Crippen LogP) is 4.67. The van der Waals surface area contributed by atoms with E-state index in [0.29, 0.717) is 27.5 Å². The van der Waals surface area contributed by atoms with E-state index < -0.39 is 0 Å². The highest BCUT2D eigenvalue weighted by Crippen LogP contribution is 2.39. The Bertz CT molecular complexity index is 1060. The van der Waals surface area contributed by atoms with Gasteiger partial charge in [0.05, 0.1) is 17.7 Å². The van der Waals surface area contributed by atoms with Gasteiger partial charge in [-0.25, -0.2) is 4.98 Å². The minimum Gasteiger partial charge on any atom is -0.491 e. The van der Waals surface area contributed by atoms with E-state index in [-0.39, 0.29) is 23.9 Å². The number of rotatable bonds is 6. The number of hydrogen-bond acceptors (Lipinski definition) is 6. The van der Waals surface area contributed by atoms with Gasteiger partial charge in [-0.3, -0.25) is 0 Å². The Labute approximate surface area is 171 Å². The summed E-state index contributed by atoms with van der Waals surface area (Å²) in [6.45, 7) is 0.101. The molecule has 28 heavy (non-hydrogen) atoms. The summed E-state index contributed by atoms with van der Waals surface area (Å²) in [4.78, 5) is 5.19. The molecule has 0 saturated heterocycles. The fraction of sp³-hybridized carbons (Fsp3) is 0.0952. The third-order valence-electron chi connectivity index (χ3n) is 3.80.